The van der Waals surface area contributed by atoms with Gasteiger partial charge in [0, 0.05) is 0 Å². The molecule has 0 atom stereocenters. The van der Waals surface area contributed by atoms with Crippen molar-refractivity contribution in [3.8, 4) is 22.3 Å². The van der Waals surface area contributed by atoms with Gasteiger partial charge in [0.2, 0.25) is 0 Å². The second-order valence-electron chi connectivity index (χ2n) is 7.27. The topological polar surface area (TPSA) is 24.7 Å². The van der Waals surface area contributed by atoms with E-state index in [-0.39, 0.29) is 0 Å². The first-order valence-electron chi connectivity index (χ1n) is 10.3. The van der Waals surface area contributed by atoms with Crippen LogP contribution < -0.4 is 0 Å². The molecule has 0 saturated carbocycles. The zero-order valence-electron chi connectivity index (χ0n) is 18.4. The molecule has 0 aliphatic heterocycles. The van der Waals surface area contributed by atoms with E-state index in [0.717, 1.165) is 22.8 Å². The quantitative estimate of drug-likeness (QED) is 0.186. The molecule has 4 aromatic rings. The Kier molecular flexibility index (Phi) is 9.90. The van der Waals surface area contributed by atoms with Gasteiger partial charge in [0.1, 0.15) is 0 Å². The van der Waals surface area contributed by atoms with E-state index in [2.05, 4.69) is 72.8 Å². The van der Waals surface area contributed by atoms with Gasteiger partial charge >= 0.3 is 33.0 Å². The molecule has 5 heteroatoms. The number of rotatable bonds is 5. The zero-order valence-corrected chi connectivity index (χ0v) is 20.9. The predicted octanol–water partition coefficient (Wildman–Crippen LogP) is 9.28. The summed E-state index contributed by atoms with van der Waals surface area (Å²) in [6.45, 7) is 4.00. The van der Waals surface area contributed by atoms with E-state index in [4.69, 9.17) is 30.4 Å². The van der Waals surface area contributed by atoms with E-state index in [1.165, 1.54) is 22.3 Å². The molecule has 0 heterocycles. The molecule has 0 aromatic heterocycles. The molecule has 0 amide bonds. The van der Waals surface area contributed by atoms with Crippen molar-refractivity contribution in [2.75, 3.05) is 0 Å². The first-order valence-corrected chi connectivity index (χ1v) is 13.1. The maximum atomic E-state index is 4.74. The molecule has 0 radical (unpaired) electrons. The third-order valence-electron chi connectivity index (χ3n) is 5.07. The van der Waals surface area contributed by atoms with E-state index < -0.39 is 0 Å². The number of benzene rings is 4. The summed E-state index contributed by atoms with van der Waals surface area (Å²) in [5.74, 6) is 0. The molecule has 0 fully saturated rings. The second-order valence-corrected chi connectivity index (χ2v) is 8.90. The molecule has 4 rings (SSSR count). The Labute approximate surface area is 210 Å². The maximum absolute atomic E-state index is 4.74. The Morgan fingerprint density at radius 1 is 0.485 bits per heavy atom. The van der Waals surface area contributed by atoms with Crippen molar-refractivity contribution in [2.45, 2.75) is 13.8 Å². The van der Waals surface area contributed by atoms with Crippen LogP contribution >= 0.6 is 20.4 Å². The van der Waals surface area contributed by atoms with Gasteiger partial charge in [0.15, 0.2) is 0 Å². The van der Waals surface area contributed by atoms with Crippen molar-refractivity contribution in [3.63, 3.8) is 0 Å². The second kappa shape index (κ2) is 13.1. The Bertz CT molecular complexity index is 1090. The van der Waals surface area contributed by atoms with E-state index in [9.17, 15) is 0 Å². The molecule has 0 aliphatic rings. The van der Waals surface area contributed by atoms with Crippen LogP contribution in [0.4, 0.5) is 11.4 Å². The summed E-state index contributed by atoms with van der Waals surface area (Å²) in [7, 11) is 9.40. The van der Waals surface area contributed by atoms with Crippen molar-refractivity contribution in [1.29, 1.82) is 0 Å². The van der Waals surface area contributed by atoms with Crippen molar-refractivity contribution >= 4 is 43.2 Å². The van der Waals surface area contributed by atoms with Gasteiger partial charge in [-0.3, -0.25) is 9.98 Å². The van der Waals surface area contributed by atoms with Gasteiger partial charge in [0.05, 0.1) is 22.8 Å². The summed E-state index contributed by atoms with van der Waals surface area (Å²) in [6.07, 6.45) is 0. The van der Waals surface area contributed by atoms with Crippen LogP contribution in [0.5, 0.6) is 0 Å². The molecule has 0 spiro atoms. The van der Waals surface area contributed by atoms with Gasteiger partial charge in [-0.2, -0.15) is 0 Å². The molecule has 33 heavy (non-hydrogen) atoms. The molecule has 0 bridgehead atoms. The van der Waals surface area contributed by atoms with Crippen molar-refractivity contribution in [1.82, 2.24) is 0 Å². The summed E-state index contributed by atoms with van der Waals surface area (Å²) in [6, 6.07) is 37.4. The number of hydrogen-bond acceptors (Lipinski definition) is 2. The van der Waals surface area contributed by atoms with Crippen LogP contribution in [-0.4, -0.2) is 11.4 Å². The van der Waals surface area contributed by atoms with E-state index in [0.29, 0.717) is 12.7 Å². The fourth-order valence-electron chi connectivity index (χ4n) is 3.27. The molecular weight excluding hydrogens is 494 g/mol. The van der Waals surface area contributed by atoms with Gasteiger partial charge in [-0.1, -0.05) is 84.9 Å². The third kappa shape index (κ3) is 7.68. The van der Waals surface area contributed by atoms with E-state index in [1.807, 2.05) is 50.2 Å². The van der Waals surface area contributed by atoms with E-state index >= 15 is 0 Å². The SMILES string of the molecule is CC(=Nc1ccc(-c2ccccc2)cc1)C(C)=Nc1ccc(-c2ccccc2)cc1.[Cl][Ni][Cl]. The van der Waals surface area contributed by atoms with Crippen LogP contribution in [0.1, 0.15) is 13.8 Å². The van der Waals surface area contributed by atoms with Crippen LogP contribution in [0.15, 0.2) is 119 Å². The third-order valence-corrected chi connectivity index (χ3v) is 5.07. The van der Waals surface area contributed by atoms with Gasteiger partial charge in [-0.05, 0) is 60.4 Å². The van der Waals surface area contributed by atoms with Gasteiger partial charge in [0.25, 0.3) is 0 Å². The minimum absolute atomic E-state index is 0.569. The van der Waals surface area contributed by atoms with Gasteiger partial charge < -0.3 is 0 Å². The van der Waals surface area contributed by atoms with Crippen molar-refractivity contribution in [3.05, 3.63) is 109 Å². The van der Waals surface area contributed by atoms with E-state index in [1.54, 1.807) is 0 Å². The number of hydrogen-bond donors (Lipinski definition) is 0. The molecule has 0 N–H and O–H groups in total. The molecular formula is C28H24Cl2N2Ni. The fraction of sp³-hybridized carbons (Fsp3) is 0.0714. The Morgan fingerprint density at radius 3 is 1.06 bits per heavy atom. The van der Waals surface area contributed by atoms with Crippen LogP contribution in [0, 0.1) is 0 Å². The fourth-order valence-corrected chi connectivity index (χ4v) is 3.27. The number of halogens is 2. The van der Waals surface area contributed by atoms with Crippen LogP contribution in [0.2, 0.25) is 0 Å². The Balaban J connectivity index is 0.000000968. The Hall–Kier alpha value is -2.71. The summed E-state index contributed by atoms with van der Waals surface area (Å²) >= 11 is 0.569. The van der Waals surface area contributed by atoms with Crippen molar-refractivity contribution < 1.29 is 12.7 Å². The van der Waals surface area contributed by atoms with Crippen LogP contribution in [0.3, 0.4) is 0 Å². The summed E-state index contributed by atoms with van der Waals surface area (Å²) in [5, 5.41) is 0. The summed E-state index contributed by atoms with van der Waals surface area (Å²) < 4.78 is 0. The van der Waals surface area contributed by atoms with Gasteiger partial charge in [-0.25, -0.2) is 0 Å². The molecule has 170 valence electrons. The minimum atomic E-state index is 0.569. The predicted molar refractivity (Wildman–Crippen MR) is 141 cm³/mol. The van der Waals surface area contributed by atoms with Gasteiger partial charge in [-0.15, -0.1) is 0 Å². The monoisotopic (exact) mass is 516 g/mol. The Morgan fingerprint density at radius 2 is 0.758 bits per heavy atom. The molecule has 4 aromatic carbocycles. The van der Waals surface area contributed by atoms with Crippen LogP contribution in [0.25, 0.3) is 22.3 Å². The summed E-state index contributed by atoms with van der Waals surface area (Å²) in [4.78, 5) is 9.48. The normalized spacial score (nSPS) is 11.6. The van der Waals surface area contributed by atoms with Crippen molar-refractivity contribution in [2.24, 2.45) is 9.98 Å². The molecule has 0 unspecified atom stereocenters. The molecule has 2 nitrogen and oxygen atoms in total. The average molecular weight is 518 g/mol. The summed E-state index contributed by atoms with van der Waals surface area (Å²) in [5.41, 5.74) is 8.49. The first-order chi connectivity index (χ1) is 16.1. The molecule has 0 aliphatic carbocycles. The van der Waals surface area contributed by atoms with Crippen LogP contribution in [-0.2, 0) is 12.7 Å². The molecule has 0 saturated heterocycles. The zero-order chi connectivity index (χ0) is 23.5. The average Bonchev–Trinajstić information content (AvgIpc) is 2.86. The number of nitrogens with zero attached hydrogens (tertiary/aromatic N) is 2. The standard InChI is InChI=1S/C28H24N2.2ClH.Ni/c1-21(29-27-17-13-25(14-18-27)23-9-5-3-6-10-23)22(2)30-28-19-15-26(16-20-28)24-11-7-4-8-12-24;;;/h3-20H,1-2H3;2*1H;/q;;;+2/p-2. The first kappa shape index (κ1) is 24.9. The number of aliphatic imine (C=N–C) groups is 2.